The second-order valence-electron chi connectivity index (χ2n) is 6.76. The summed E-state index contributed by atoms with van der Waals surface area (Å²) in [5.74, 6) is -0.742. The summed E-state index contributed by atoms with van der Waals surface area (Å²) in [6.07, 6.45) is -1.78. The summed E-state index contributed by atoms with van der Waals surface area (Å²) in [7, 11) is 0. The number of rotatable bonds is 9. The van der Waals surface area contributed by atoms with Gasteiger partial charge in [0.15, 0.2) is 0 Å². The Morgan fingerprint density at radius 3 is 2.68 bits per heavy atom. The van der Waals surface area contributed by atoms with Crippen LogP contribution in [0.1, 0.15) is 51.0 Å². The second kappa shape index (κ2) is 9.98. The predicted octanol–water partition coefficient (Wildman–Crippen LogP) is 5.38. The number of aliphatic hydroxyl groups is 1. The third-order valence-corrected chi connectivity index (χ3v) is 5.83. The van der Waals surface area contributed by atoms with Crippen molar-refractivity contribution in [3.8, 4) is 0 Å². The highest BCUT2D eigenvalue weighted by atomic mass is 35.5. The molecule has 0 saturated heterocycles. The molecule has 28 heavy (non-hydrogen) atoms. The van der Waals surface area contributed by atoms with Crippen LogP contribution < -0.4 is 0 Å². The average Bonchev–Trinajstić information content (AvgIpc) is 2.98. The normalized spacial score (nSPS) is 19.8. The number of thioether (sulfide) groups is 1. The van der Waals surface area contributed by atoms with Crippen molar-refractivity contribution in [3.63, 3.8) is 0 Å². The zero-order chi connectivity index (χ0) is 20.8. The van der Waals surface area contributed by atoms with Crippen molar-refractivity contribution in [1.82, 2.24) is 5.01 Å². The van der Waals surface area contributed by atoms with Crippen LogP contribution in [0.15, 0.2) is 29.4 Å². The largest absolute Gasteiger partial charge is 0.438 e. The molecular formula is C19H24ClF3N2O2S. The minimum Gasteiger partial charge on any atom is -0.362 e. The molecule has 2 rings (SSSR count). The van der Waals surface area contributed by atoms with Crippen molar-refractivity contribution in [1.29, 1.82) is 0 Å². The van der Waals surface area contributed by atoms with Gasteiger partial charge < -0.3 is 5.11 Å². The van der Waals surface area contributed by atoms with E-state index in [0.717, 1.165) is 36.6 Å². The topological polar surface area (TPSA) is 52.9 Å². The molecule has 1 N–H and O–H groups in total. The fourth-order valence-electron chi connectivity index (χ4n) is 2.92. The van der Waals surface area contributed by atoms with E-state index in [4.69, 9.17) is 11.6 Å². The standard InChI is InChI=1S/C19H24ClF3N2O2S/c1-2-3-4-5-9-15-11-18(27,19(21,22)23)25(24-15)17(26)13-28-12-14-8-6-7-10-16(14)20/h6-8,10,27H,2-5,9,11-13H2,1H3/t18-/m0/s1. The van der Waals surface area contributed by atoms with Gasteiger partial charge in [0.2, 0.25) is 0 Å². The molecule has 9 heteroatoms. The number of hydrazone groups is 1. The third-order valence-electron chi connectivity index (χ3n) is 4.49. The van der Waals surface area contributed by atoms with Crippen LogP contribution in [0.4, 0.5) is 13.2 Å². The van der Waals surface area contributed by atoms with Gasteiger partial charge in [-0.15, -0.1) is 11.8 Å². The van der Waals surface area contributed by atoms with Gasteiger partial charge >= 0.3 is 6.18 Å². The smallest absolute Gasteiger partial charge is 0.362 e. The Morgan fingerprint density at radius 2 is 2.04 bits per heavy atom. The van der Waals surface area contributed by atoms with Gasteiger partial charge in [0, 0.05) is 22.9 Å². The SMILES string of the molecule is CCCCCCC1=NN(C(=O)CSCc2ccccc2Cl)[C@@](O)(C(F)(F)F)C1. The van der Waals surface area contributed by atoms with Gasteiger partial charge in [0.05, 0.1) is 5.75 Å². The van der Waals surface area contributed by atoms with E-state index in [1.165, 1.54) is 0 Å². The summed E-state index contributed by atoms with van der Waals surface area (Å²) in [6.45, 7) is 2.04. The molecule has 0 bridgehead atoms. The van der Waals surface area contributed by atoms with E-state index in [9.17, 15) is 23.1 Å². The molecule has 1 aromatic carbocycles. The van der Waals surface area contributed by atoms with Crippen molar-refractivity contribution in [2.45, 2.75) is 63.1 Å². The van der Waals surface area contributed by atoms with Crippen LogP contribution >= 0.6 is 23.4 Å². The van der Waals surface area contributed by atoms with Crippen molar-refractivity contribution < 1.29 is 23.1 Å². The van der Waals surface area contributed by atoms with Gasteiger partial charge in [-0.05, 0) is 24.5 Å². The number of benzene rings is 1. The van der Waals surface area contributed by atoms with E-state index in [2.05, 4.69) is 5.10 Å². The lowest BCUT2D eigenvalue weighted by molar-refractivity contribution is -0.301. The molecule has 1 heterocycles. The summed E-state index contributed by atoms with van der Waals surface area (Å²) < 4.78 is 40.4. The first-order valence-electron chi connectivity index (χ1n) is 9.18. The molecule has 1 amide bonds. The molecule has 4 nitrogen and oxygen atoms in total. The molecule has 1 aromatic rings. The first kappa shape index (κ1) is 23.0. The van der Waals surface area contributed by atoms with E-state index >= 15 is 0 Å². The monoisotopic (exact) mass is 436 g/mol. The number of carbonyl (C=O) groups excluding carboxylic acids is 1. The van der Waals surface area contributed by atoms with Gasteiger partial charge in [0.25, 0.3) is 11.6 Å². The lowest BCUT2D eigenvalue weighted by Crippen LogP contribution is -2.57. The van der Waals surface area contributed by atoms with Crippen molar-refractivity contribution >= 4 is 35.0 Å². The summed E-state index contributed by atoms with van der Waals surface area (Å²) in [5, 5.41) is 14.8. The number of hydrogen-bond acceptors (Lipinski definition) is 4. The average molecular weight is 437 g/mol. The fraction of sp³-hybridized carbons (Fsp3) is 0.579. The first-order valence-corrected chi connectivity index (χ1v) is 10.7. The number of hydrogen-bond donors (Lipinski definition) is 1. The van der Waals surface area contributed by atoms with Gasteiger partial charge in [-0.25, -0.2) is 0 Å². The Kier molecular flexibility index (Phi) is 8.21. The van der Waals surface area contributed by atoms with Gasteiger partial charge in [-0.3, -0.25) is 4.79 Å². The zero-order valence-electron chi connectivity index (χ0n) is 15.6. The number of alkyl halides is 3. The van der Waals surface area contributed by atoms with Crippen LogP contribution in [0.2, 0.25) is 5.02 Å². The number of unbranched alkanes of at least 4 members (excludes halogenated alkanes) is 3. The Hall–Kier alpha value is -1.25. The third kappa shape index (κ3) is 5.64. The summed E-state index contributed by atoms with van der Waals surface area (Å²) in [6, 6.07) is 7.05. The Morgan fingerprint density at radius 1 is 1.32 bits per heavy atom. The molecule has 1 aliphatic heterocycles. The number of halogens is 4. The van der Waals surface area contributed by atoms with E-state index in [1.54, 1.807) is 24.3 Å². The molecule has 0 saturated carbocycles. The Labute approximate surface area is 172 Å². The maximum atomic E-state index is 13.5. The Bertz CT molecular complexity index is 715. The number of carbonyl (C=O) groups is 1. The van der Waals surface area contributed by atoms with Crippen LogP contribution in [-0.4, -0.2) is 39.4 Å². The lowest BCUT2D eigenvalue weighted by Gasteiger charge is -2.32. The first-order chi connectivity index (χ1) is 13.2. The van der Waals surface area contributed by atoms with Crippen LogP contribution in [0.5, 0.6) is 0 Å². The molecule has 0 spiro atoms. The Balaban J connectivity index is 2.01. The lowest BCUT2D eigenvalue weighted by atomic mass is 10.0. The quantitative estimate of drug-likeness (QED) is 0.528. The molecule has 0 unspecified atom stereocenters. The van der Waals surface area contributed by atoms with E-state index in [-0.39, 0.29) is 16.5 Å². The summed E-state index contributed by atoms with van der Waals surface area (Å²) >= 11 is 7.17. The van der Waals surface area contributed by atoms with E-state index < -0.39 is 24.2 Å². The zero-order valence-corrected chi connectivity index (χ0v) is 17.2. The number of amides is 1. The van der Waals surface area contributed by atoms with Crippen molar-refractivity contribution in [2.75, 3.05) is 5.75 Å². The van der Waals surface area contributed by atoms with Crippen molar-refractivity contribution in [2.24, 2.45) is 5.10 Å². The van der Waals surface area contributed by atoms with Gasteiger partial charge in [-0.1, -0.05) is 56.0 Å². The molecule has 0 radical (unpaired) electrons. The van der Waals surface area contributed by atoms with Crippen LogP contribution in [0.25, 0.3) is 0 Å². The van der Waals surface area contributed by atoms with E-state index in [0.29, 0.717) is 23.6 Å². The van der Waals surface area contributed by atoms with Gasteiger partial charge in [-0.2, -0.15) is 23.3 Å². The minimum absolute atomic E-state index is 0.209. The molecule has 156 valence electrons. The van der Waals surface area contributed by atoms with Crippen LogP contribution in [0.3, 0.4) is 0 Å². The summed E-state index contributed by atoms with van der Waals surface area (Å²) in [5.41, 5.74) is -2.27. The number of nitrogens with zero attached hydrogens (tertiary/aromatic N) is 2. The minimum atomic E-state index is -4.98. The molecule has 0 aromatic heterocycles. The highest BCUT2D eigenvalue weighted by Crippen LogP contribution is 2.41. The van der Waals surface area contributed by atoms with Crippen molar-refractivity contribution in [3.05, 3.63) is 34.9 Å². The molecule has 0 aliphatic carbocycles. The molecule has 1 atom stereocenters. The van der Waals surface area contributed by atoms with E-state index in [1.807, 2.05) is 6.92 Å². The molecule has 0 fully saturated rings. The fourth-order valence-corrected chi connectivity index (χ4v) is 4.07. The van der Waals surface area contributed by atoms with Gasteiger partial charge in [0.1, 0.15) is 0 Å². The molecular weight excluding hydrogens is 413 g/mol. The predicted molar refractivity (Wildman–Crippen MR) is 106 cm³/mol. The highest BCUT2D eigenvalue weighted by molar-refractivity contribution is 7.99. The highest BCUT2D eigenvalue weighted by Gasteiger charge is 2.62. The van der Waals surface area contributed by atoms with Crippen LogP contribution in [0, 0.1) is 0 Å². The molecule has 1 aliphatic rings. The second-order valence-corrected chi connectivity index (χ2v) is 8.15. The summed E-state index contributed by atoms with van der Waals surface area (Å²) in [4.78, 5) is 12.4. The maximum Gasteiger partial charge on any atom is 0.438 e. The van der Waals surface area contributed by atoms with Crippen LogP contribution in [-0.2, 0) is 10.5 Å². The maximum absolute atomic E-state index is 13.5.